The van der Waals surface area contributed by atoms with Crippen molar-refractivity contribution in [3.05, 3.63) is 35.1 Å². The minimum Gasteiger partial charge on any atom is -0.326 e. The van der Waals surface area contributed by atoms with Crippen LogP contribution >= 0.6 is 0 Å². The second kappa shape index (κ2) is 6.69. The summed E-state index contributed by atoms with van der Waals surface area (Å²) >= 11 is 0. The van der Waals surface area contributed by atoms with Crippen LogP contribution in [0.3, 0.4) is 0 Å². The van der Waals surface area contributed by atoms with Crippen molar-refractivity contribution in [2.24, 2.45) is 5.73 Å². The summed E-state index contributed by atoms with van der Waals surface area (Å²) in [6.45, 7) is 3.13. The summed E-state index contributed by atoms with van der Waals surface area (Å²) in [5.74, 6) is -0.196. The normalized spacial score (nSPS) is 11.5. The molecule has 0 fully saturated rings. The summed E-state index contributed by atoms with van der Waals surface area (Å²) < 4.78 is 13.2. The Hall–Kier alpha value is -0.970. The molecule has 0 aliphatic rings. The predicted octanol–water partition coefficient (Wildman–Crippen LogP) is 1.28. The van der Waals surface area contributed by atoms with Crippen LogP contribution in [0.5, 0.6) is 0 Å². The van der Waals surface area contributed by atoms with E-state index >= 15 is 0 Å². The Balaban J connectivity index is 2.63. The highest BCUT2D eigenvalue weighted by molar-refractivity contribution is 5.27. The lowest BCUT2D eigenvalue weighted by atomic mass is 10.1. The molecular formula is C13H22FN3. The molecule has 3 nitrogen and oxygen atoms in total. The summed E-state index contributed by atoms with van der Waals surface area (Å²) in [5.41, 5.74) is 7.65. The van der Waals surface area contributed by atoms with E-state index in [2.05, 4.69) is 9.80 Å². The Bertz CT molecular complexity index is 353. The minimum atomic E-state index is -0.196. The first kappa shape index (κ1) is 14.1. The lowest BCUT2D eigenvalue weighted by molar-refractivity contribution is 0.275. The number of hydrogen-bond acceptors (Lipinski definition) is 3. The molecule has 1 rings (SSSR count). The summed E-state index contributed by atoms with van der Waals surface area (Å²) in [7, 11) is 6.12. The quantitative estimate of drug-likeness (QED) is 0.811. The molecule has 17 heavy (non-hydrogen) atoms. The third kappa shape index (κ3) is 4.81. The van der Waals surface area contributed by atoms with Gasteiger partial charge in [-0.1, -0.05) is 6.07 Å². The third-order valence-electron chi connectivity index (χ3n) is 2.76. The van der Waals surface area contributed by atoms with Gasteiger partial charge in [-0.2, -0.15) is 0 Å². The Kier molecular flexibility index (Phi) is 5.55. The Morgan fingerprint density at radius 2 is 1.82 bits per heavy atom. The molecular weight excluding hydrogens is 217 g/mol. The fraction of sp³-hybridized carbons (Fsp3) is 0.538. The van der Waals surface area contributed by atoms with Crippen molar-refractivity contribution in [3.63, 3.8) is 0 Å². The van der Waals surface area contributed by atoms with Crippen molar-refractivity contribution in [1.82, 2.24) is 9.80 Å². The highest BCUT2D eigenvalue weighted by Gasteiger charge is 2.06. The smallest absolute Gasteiger partial charge is 0.123 e. The van der Waals surface area contributed by atoms with Crippen LogP contribution < -0.4 is 5.73 Å². The molecule has 0 saturated heterocycles. The van der Waals surface area contributed by atoms with Crippen LogP contribution in [-0.4, -0.2) is 44.0 Å². The zero-order valence-electron chi connectivity index (χ0n) is 10.9. The molecule has 0 bridgehead atoms. The van der Waals surface area contributed by atoms with Crippen LogP contribution in [0, 0.1) is 5.82 Å². The van der Waals surface area contributed by atoms with Crippen LogP contribution in [0.15, 0.2) is 18.2 Å². The van der Waals surface area contributed by atoms with E-state index in [1.165, 1.54) is 6.07 Å². The van der Waals surface area contributed by atoms with Crippen molar-refractivity contribution in [3.8, 4) is 0 Å². The first-order valence-electron chi connectivity index (χ1n) is 5.83. The van der Waals surface area contributed by atoms with E-state index in [-0.39, 0.29) is 5.82 Å². The monoisotopic (exact) mass is 239 g/mol. The van der Waals surface area contributed by atoms with Gasteiger partial charge >= 0.3 is 0 Å². The number of hydrogen-bond donors (Lipinski definition) is 1. The first-order valence-corrected chi connectivity index (χ1v) is 5.83. The zero-order valence-corrected chi connectivity index (χ0v) is 10.9. The molecule has 2 N–H and O–H groups in total. The van der Waals surface area contributed by atoms with E-state index in [9.17, 15) is 4.39 Å². The maximum Gasteiger partial charge on any atom is 0.123 e. The molecule has 0 heterocycles. The van der Waals surface area contributed by atoms with Gasteiger partial charge in [-0.25, -0.2) is 4.39 Å². The van der Waals surface area contributed by atoms with Gasteiger partial charge in [0.2, 0.25) is 0 Å². The molecule has 1 aromatic carbocycles. The van der Waals surface area contributed by atoms with Crippen molar-refractivity contribution >= 4 is 0 Å². The number of nitrogens with two attached hydrogens (primary N) is 1. The summed E-state index contributed by atoms with van der Waals surface area (Å²) in [4.78, 5) is 4.31. The molecule has 0 amide bonds. The Morgan fingerprint density at radius 1 is 1.12 bits per heavy atom. The molecule has 96 valence electrons. The van der Waals surface area contributed by atoms with Crippen molar-refractivity contribution < 1.29 is 4.39 Å². The SMILES string of the molecule is CN(C)CCN(C)Cc1cc(F)ccc1CN. The molecule has 0 aliphatic carbocycles. The van der Waals surface area contributed by atoms with Gasteiger partial charge in [0.15, 0.2) is 0 Å². The van der Waals surface area contributed by atoms with Crippen LogP contribution in [0.2, 0.25) is 0 Å². The molecule has 0 aliphatic heterocycles. The van der Waals surface area contributed by atoms with Crippen LogP contribution in [-0.2, 0) is 13.1 Å². The number of halogens is 1. The van der Waals surface area contributed by atoms with Gasteiger partial charge in [0.05, 0.1) is 0 Å². The van der Waals surface area contributed by atoms with Gasteiger partial charge in [0, 0.05) is 26.2 Å². The molecule has 0 radical (unpaired) electrons. The van der Waals surface area contributed by atoms with Gasteiger partial charge in [0.1, 0.15) is 5.82 Å². The average Bonchev–Trinajstić information content (AvgIpc) is 2.27. The Morgan fingerprint density at radius 3 is 2.41 bits per heavy atom. The van der Waals surface area contributed by atoms with Crippen LogP contribution in [0.4, 0.5) is 4.39 Å². The highest BCUT2D eigenvalue weighted by Crippen LogP contribution is 2.12. The molecule has 0 saturated carbocycles. The maximum atomic E-state index is 13.2. The maximum absolute atomic E-state index is 13.2. The van der Waals surface area contributed by atoms with E-state index in [0.29, 0.717) is 6.54 Å². The number of rotatable bonds is 6. The van der Waals surface area contributed by atoms with Crippen LogP contribution in [0.1, 0.15) is 11.1 Å². The standard InChI is InChI=1S/C13H22FN3/c1-16(2)6-7-17(3)10-12-8-13(14)5-4-11(12)9-15/h4-5,8H,6-7,9-10,15H2,1-3H3. The van der Waals surface area contributed by atoms with Crippen molar-refractivity contribution in [1.29, 1.82) is 0 Å². The van der Waals surface area contributed by atoms with E-state index in [0.717, 1.165) is 30.8 Å². The lowest BCUT2D eigenvalue weighted by Crippen LogP contribution is -2.28. The van der Waals surface area contributed by atoms with E-state index in [4.69, 9.17) is 5.73 Å². The zero-order chi connectivity index (χ0) is 12.8. The predicted molar refractivity (Wildman–Crippen MR) is 69.2 cm³/mol. The van der Waals surface area contributed by atoms with Crippen molar-refractivity contribution in [2.75, 3.05) is 34.2 Å². The number of likely N-dealkylation sites (N-methyl/N-ethyl adjacent to an activating group) is 2. The Labute approximate surface area is 103 Å². The van der Waals surface area contributed by atoms with E-state index < -0.39 is 0 Å². The third-order valence-corrected chi connectivity index (χ3v) is 2.76. The molecule has 0 aromatic heterocycles. The lowest BCUT2D eigenvalue weighted by Gasteiger charge is -2.20. The van der Waals surface area contributed by atoms with Gasteiger partial charge in [-0.3, -0.25) is 0 Å². The fourth-order valence-electron chi connectivity index (χ4n) is 1.68. The van der Waals surface area contributed by atoms with E-state index in [1.54, 1.807) is 12.1 Å². The molecule has 0 atom stereocenters. The minimum absolute atomic E-state index is 0.196. The van der Waals surface area contributed by atoms with Gasteiger partial charge in [0.25, 0.3) is 0 Å². The average molecular weight is 239 g/mol. The highest BCUT2D eigenvalue weighted by atomic mass is 19.1. The molecule has 0 spiro atoms. The molecule has 4 heteroatoms. The largest absolute Gasteiger partial charge is 0.326 e. The topological polar surface area (TPSA) is 32.5 Å². The summed E-state index contributed by atoms with van der Waals surface area (Å²) in [5, 5.41) is 0. The summed E-state index contributed by atoms with van der Waals surface area (Å²) in [6, 6.07) is 4.81. The number of benzene rings is 1. The second-order valence-electron chi connectivity index (χ2n) is 4.66. The first-order chi connectivity index (χ1) is 8.02. The fourth-order valence-corrected chi connectivity index (χ4v) is 1.68. The van der Waals surface area contributed by atoms with Gasteiger partial charge in [-0.05, 0) is 44.4 Å². The summed E-state index contributed by atoms with van der Waals surface area (Å²) in [6.07, 6.45) is 0. The molecule has 0 unspecified atom stereocenters. The van der Waals surface area contributed by atoms with Crippen LogP contribution in [0.25, 0.3) is 0 Å². The van der Waals surface area contributed by atoms with Gasteiger partial charge < -0.3 is 15.5 Å². The van der Waals surface area contributed by atoms with Crippen molar-refractivity contribution in [2.45, 2.75) is 13.1 Å². The molecule has 1 aromatic rings. The second-order valence-corrected chi connectivity index (χ2v) is 4.66. The number of nitrogens with zero attached hydrogens (tertiary/aromatic N) is 2. The van der Waals surface area contributed by atoms with E-state index in [1.807, 2.05) is 21.1 Å². The van der Waals surface area contributed by atoms with Gasteiger partial charge in [-0.15, -0.1) is 0 Å².